The van der Waals surface area contributed by atoms with Crippen LogP contribution in [0.1, 0.15) is 0 Å². The molecular formula is C10H9ClN2O. The Kier molecular flexibility index (Phi) is 2.17. The van der Waals surface area contributed by atoms with E-state index in [-0.39, 0.29) is 5.75 Å². The molecule has 3 nitrogen and oxygen atoms in total. The third-order valence-electron chi connectivity index (χ3n) is 2.03. The number of halogens is 1. The summed E-state index contributed by atoms with van der Waals surface area (Å²) in [6.07, 6.45) is 0. The molecule has 0 bridgehead atoms. The van der Waals surface area contributed by atoms with E-state index in [0.717, 1.165) is 11.3 Å². The molecule has 0 fully saturated rings. The van der Waals surface area contributed by atoms with Crippen molar-refractivity contribution < 1.29 is 5.11 Å². The molecule has 0 spiro atoms. The number of para-hydroxylation sites is 1. The normalized spacial score (nSPS) is 10.4. The Hall–Kier alpha value is -1.48. The van der Waals surface area contributed by atoms with Gasteiger partial charge in [0, 0.05) is 18.7 Å². The van der Waals surface area contributed by atoms with E-state index in [1.165, 1.54) is 0 Å². The van der Waals surface area contributed by atoms with Crippen molar-refractivity contribution >= 4 is 11.6 Å². The smallest absolute Gasteiger partial charge is 0.151 e. The minimum absolute atomic E-state index is 0.229. The molecule has 0 aliphatic rings. The lowest BCUT2D eigenvalue weighted by Gasteiger charge is -2.03. The molecule has 1 aromatic heterocycles. The maximum Gasteiger partial charge on any atom is 0.151 e. The molecule has 0 unspecified atom stereocenters. The Morgan fingerprint density at radius 2 is 2.07 bits per heavy atom. The first kappa shape index (κ1) is 9.09. The van der Waals surface area contributed by atoms with Gasteiger partial charge >= 0.3 is 0 Å². The summed E-state index contributed by atoms with van der Waals surface area (Å²) in [5.41, 5.74) is 1.53. The van der Waals surface area contributed by atoms with Crippen molar-refractivity contribution in [2.45, 2.75) is 0 Å². The number of phenolic OH excluding ortho intramolecular Hbond substituents is 1. The number of phenols is 1. The van der Waals surface area contributed by atoms with Crippen LogP contribution < -0.4 is 0 Å². The lowest BCUT2D eigenvalue weighted by Crippen LogP contribution is -1.93. The molecule has 1 aromatic carbocycles. The zero-order chi connectivity index (χ0) is 10.1. The maximum absolute atomic E-state index is 9.61. The van der Waals surface area contributed by atoms with Crippen molar-refractivity contribution in [3.63, 3.8) is 0 Å². The quantitative estimate of drug-likeness (QED) is 0.782. The van der Waals surface area contributed by atoms with E-state index in [1.54, 1.807) is 29.9 Å². The Labute approximate surface area is 86.6 Å². The second kappa shape index (κ2) is 3.35. The molecule has 0 aliphatic heterocycles. The summed E-state index contributed by atoms with van der Waals surface area (Å²) in [5.74, 6) is 0.229. The fourth-order valence-corrected chi connectivity index (χ4v) is 1.59. The summed E-state index contributed by atoms with van der Waals surface area (Å²) in [6.45, 7) is 0. The lowest BCUT2D eigenvalue weighted by molar-refractivity contribution is 0.476. The van der Waals surface area contributed by atoms with Crippen LogP contribution in [0.5, 0.6) is 5.75 Å². The van der Waals surface area contributed by atoms with Gasteiger partial charge < -0.3 is 5.11 Å². The van der Waals surface area contributed by atoms with E-state index in [1.807, 2.05) is 12.1 Å². The van der Waals surface area contributed by atoms with Gasteiger partial charge in [0.05, 0.1) is 5.69 Å². The summed E-state index contributed by atoms with van der Waals surface area (Å²) < 4.78 is 1.64. The highest BCUT2D eigenvalue weighted by Gasteiger charge is 2.08. The van der Waals surface area contributed by atoms with Gasteiger partial charge in [-0.1, -0.05) is 23.7 Å². The van der Waals surface area contributed by atoms with Gasteiger partial charge in [0.15, 0.2) is 5.15 Å². The molecule has 0 saturated carbocycles. The predicted octanol–water partition coefficient (Wildman–Crippen LogP) is 2.45. The van der Waals surface area contributed by atoms with Gasteiger partial charge in [0.2, 0.25) is 0 Å². The molecular weight excluding hydrogens is 200 g/mol. The van der Waals surface area contributed by atoms with E-state index < -0.39 is 0 Å². The first-order valence-corrected chi connectivity index (χ1v) is 4.54. The van der Waals surface area contributed by atoms with Gasteiger partial charge in [-0.05, 0) is 12.1 Å². The van der Waals surface area contributed by atoms with Crippen molar-refractivity contribution in [2.75, 3.05) is 0 Å². The molecule has 0 atom stereocenters. The zero-order valence-electron chi connectivity index (χ0n) is 7.61. The molecule has 0 amide bonds. The van der Waals surface area contributed by atoms with Gasteiger partial charge in [-0.3, -0.25) is 4.68 Å². The van der Waals surface area contributed by atoms with Gasteiger partial charge in [-0.15, -0.1) is 0 Å². The Balaban J connectivity index is 2.60. The minimum Gasteiger partial charge on any atom is -0.507 e. The van der Waals surface area contributed by atoms with Crippen molar-refractivity contribution in [1.29, 1.82) is 0 Å². The number of hydrogen-bond donors (Lipinski definition) is 1. The summed E-state index contributed by atoms with van der Waals surface area (Å²) in [7, 11) is 1.79. The van der Waals surface area contributed by atoms with E-state index in [2.05, 4.69) is 5.10 Å². The van der Waals surface area contributed by atoms with Crippen LogP contribution in [0, 0.1) is 0 Å². The van der Waals surface area contributed by atoms with Crippen LogP contribution >= 0.6 is 11.6 Å². The third-order valence-corrected chi connectivity index (χ3v) is 2.21. The number of rotatable bonds is 1. The standard InChI is InChI=1S/C10H9ClN2O/c1-13-8(6-10(11)12-13)7-4-2-3-5-9(7)14/h2-6,14H,1H3. The first-order valence-electron chi connectivity index (χ1n) is 4.16. The molecule has 0 radical (unpaired) electrons. The monoisotopic (exact) mass is 208 g/mol. The van der Waals surface area contributed by atoms with E-state index >= 15 is 0 Å². The topological polar surface area (TPSA) is 38.0 Å². The van der Waals surface area contributed by atoms with E-state index in [0.29, 0.717) is 5.15 Å². The summed E-state index contributed by atoms with van der Waals surface area (Å²) in [5, 5.41) is 14.0. The number of aromatic nitrogens is 2. The molecule has 2 rings (SSSR count). The second-order valence-electron chi connectivity index (χ2n) is 2.99. The van der Waals surface area contributed by atoms with Crippen LogP contribution in [0.3, 0.4) is 0 Å². The number of aromatic hydroxyl groups is 1. The molecule has 1 heterocycles. The Bertz CT molecular complexity index is 465. The van der Waals surface area contributed by atoms with E-state index in [9.17, 15) is 5.11 Å². The summed E-state index contributed by atoms with van der Waals surface area (Å²) in [6, 6.07) is 8.81. The third kappa shape index (κ3) is 1.46. The first-order chi connectivity index (χ1) is 6.68. The van der Waals surface area contributed by atoms with Crippen LogP contribution in [-0.4, -0.2) is 14.9 Å². The van der Waals surface area contributed by atoms with Gasteiger partial charge in [-0.2, -0.15) is 5.10 Å². The van der Waals surface area contributed by atoms with Crippen molar-refractivity contribution in [2.24, 2.45) is 7.05 Å². The maximum atomic E-state index is 9.61. The Morgan fingerprint density at radius 3 is 2.64 bits per heavy atom. The van der Waals surface area contributed by atoms with Crippen LogP contribution in [0.4, 0.5) is 0 Å². The predicted molar refractivity (Wildman–Crippen MR) is 55.3 cm³/mol. The van der Waals surface area contributed by atoms with Crippen LogP contribution in [0.15, 0.2) is 30.3 Å². The number of nitrogens with zero attached hydrogens (tertiary/aromatic N) is 2. The molecule has 0 saturated heterocycles. The highest BCUT2D eigenvalue weighted by molar-refractivity contribution is 6.29. The fourth-order valence-electron chi connectivity index (χ4n) is 1.37. The summed E-state index contributed by atoms with van der Waals surface area (Å²) in [4.78, 5) is 0. The SMILES string of the molecule is Cn1nc(Cl)cc1-c1ccccc1O. The van der Waals surface area contributed by atoms with Crippen molar-refractivity contribution in [3.8, 4) is 17.0 Å². The number of hydrogen-bond acceptors (Lipinski definition) is 2. The largest absolute Gasteiger partial charge is 0.507 e. The average Bonchev–Trinajstić information content (AvgIpc) is 2.46. The molecule has 2 aromatic rings. The van der Waals surface area contributed by atoms with Crippen LogP contribution in [0.25, 0.3) is 11.3 Å². The van der Waals surface area contributed by atoms with E-state index in [4.69, 9.17) is 11.6 Å². The molecule has 1 N–H and O–H groups in total. The number of benzene rings is 1. The minimum atomic E-state index is 0.229. The Morgan fingerprint density at radius 1 is 1.36 bits per heavy atom. The second-order valence-corrected chi connectivity index (χ2v) is 3.38. The molecule has 14 heavy (non-hydrogen) atoms. The molecule has 0 aliphatic carbocycles. The van der Waals surface area contributed by atoms with Gasteiger partial charge in [-0.25, -0.2) is 0 Å². The lowest BCUT2D eigenvalue weighted by atomic mass is 10.1. The fraction of sp³-hybridized carbons (Fsp3) is 0.100. The van der Waals surface area contributed by atoms with Crippen LogP contribution in [0.2, 0.25) is 5.15 Å². The van der Waals surface area contributed by atoms with Crippen molar-refractivity contribution in [1.82, 2.24) is 9.78 Å². The number of aryl methyl sites for hydroxylation is 1. The van der Waals surface area contributed by atoms with Crippen LogP contribution in [-0.2, 0) is 7.05 Å². The summed E-state index contributed by atoms with van der Waals surface area (Å²) >= 11 is 5.75. The molecule has 4 heteroatoms. The highest BCUT2D eigenvalue weighted by Crippen LogP contribution is 2.29. The molecule has 72 valence electrons. The van der Waals surface area contributed by atoms with Gasteiger partial charge in [0.1, 0.15) is 5.75 Å². The average molecular weight is 209 g/mol. The van der Waals surface area contributed by atoms with Crippen molar-refractivity contribution in [3.05, 3.63) is 35.5 Å². The zero-order valence-corrected chi connectivity index (χ0v) is 8.36. The highest BCUT2D eigenvalue weighted by atomic mass is 35.5. The van der Waals surface area contributed by atoms with Gasteiger partial charge in [0.25, 0.3) is 0 Å².